The van der Waals surface area contributed by atoms with E-state index in [0.717, 1.165) is 0 Å². The van der Waals surface area contributed by atoms with Crippen LogP contribution in [0.25, 0.3) is 0 Å². The maximum Gasteiger partial charge on any atom is 0.109 e. The van der Waals surface area contributed by atoms with Crippen molar-refractivity contribution in [3.8, 4) is 0 Å². The van der Waals surface area contributed by atoms with Crippen LogP contribution in [0.3, 0.4) is 0 Å². The van der Waals surface area contributed by atoms with Crippen LogP contribution in [0, 0.1) is 0 Å². The molecule has 0 radical (unpaired) electrons. The van der Waals surface area contributed by atoms with Crippen molar-refractivity contribution in [2.45, 2.75) is 58.3 Å². The Morgan fingerprint density at radius 3 is 2.57 bits per heavy atom. The lowest BCUT2D eigenvalue weighted by Crippen LogP contribution is -2.00. The first-order valence-electron chi connectivity index (χ1n) is 5.92. The predicted molar refractivity (Wildman–Crippen MR) is 58.6 cm³/mol. The Bertz CT molecular complexity index is 274. The molecule has 2 heteroatoms. The monoisotopic (exact) mass is 192 g/mol. The van der Waals surface area contributed by atoms with Crippen LogP contribution in [-0.4, -0.2) is 9.97 Å². The fourth-order valence-corrected chi connectivity index (χ4v) is 2.34. The Hall–Kier alpha value is -0.790. The molecular weight excluding hydrogens is 172 g/mol. The molecule has 1 aromatic rings. The summed E-state index contributed by atoms with van der Waals surface area (Å²) in [6.07, 6.45) is 7.44. The number of hydrogen-bond acceptors (Lipinski definition) is 1. The van der Waals surface area contributed by atoms with E-state index < -0.39 is 0 Å². The largest absolute Gasteiger partial charge is 0.345 e. The summed E-state index contributed by atoms with van der Waals surface area (Å²) in [5.74, 6) is 1.88. The van der Waals surface area contributed by atoms with Gasteiger partial charge in [0.1, 0.15) is 5.82 Å². The van der Waals surface area contributed by atoms with Gasteiger partial charge in [0.25, 0.3) is 0 Å². The normalized spacial score (nSPS) is 15.9. The molecule has 1 aromatic heterocycles. The number of fused-ring (bicyclic) bond motifs is 1. The van der Waals surface area contributed by atoms with E-state index in [1.54, 1.807) is 0 Å². The van der Waals surface area contributed by atoms with Gasteiger partial charge in [-0.1, -0.05) is 13.8 Å². The molecule has 78 valence electrons. The molecule has 0 aliphatic heterocycles. The lowest BCUT2D eigenvalue weighted by Gasteiger charge is -2.07. The van der Waals surface area contributed by atoms with Crippen molar-refractivity contribution in [2.24, 2.45) is 0 Å². The molecule has 0 spiro atoms. The van der Waals surface area contributed by atoms with Gasteiger partial charge in [-0.05, 0) is 38.5 Å². The first-order chi connectivity index (χ1) is 6.85. The highest BCUT2D eigenvalue weighted by molar-refractivity contribution is 5.19. The number of rotatable bonds is 3. The minimum Gasteiger partial charge on any atom is -0.345 e. The summed E-state index contributed by atoms with van der Waals surface area (Å²) in [6.45, 7) is 4.49. The fourth-order valence-electron chi connectivity index (χ4n) is 2.34. The zero-order valence-corrected chi connectivity index (χ0v) is 9.27. The van der Waals surface area contributed by atoms with Crippen LogP contribution in [-0.2, 0) is 12.8 Å². The van der Waals surface area contributed by atoms with E-state index in [-0.39, 0.29) is 0 Å². The van der Waals surface area contributed by atoms with Crippen molar-refractivity contribution in [2.75, 3.05) is 0 Å². The molecule has 0 saturated heterocycles. The minimum absolute atomic E-state index is 0.639. The smallest absolute Gasteiger partial charge is 0.109 e. The molecule has 0 amide bonds. The number of nitrogens with zero attached hydrogens (tertiary/aromatic N) is 1. The summed E-state index contributed by atoms with van der Waals surface area (Å²) < 4.78 is 0. The maximum atomic E-state index is 4.74. The van der Waals surface area contributed by atoms with Crippen LogP contribution in [0.15, 0.2) is 0 Å². The van der Waals surface area contributed by atoms with Gasteiger partial charge >= 0.3 is 0 Å². The Labute approximate surface area is 86.1 Å². The summed E-state index contributed by atoms with van der Waals surface area (Å²) in [5, 5.41) is 0. The Morgan fingerprint density at radius 1 is 1.21 bits per heavy atom. The Balaban J connectivity index is 2.22. The maximum absolute atomic E-state index is 4.74. The lowest BCUT2D eigenvalue weighted by molar-refractivity contribution is 0.607. The summed E-state index contributed by atoms with van der Waals surface area (Å²) in [4.78, 5) is 8.26. The van der Waals surface area contributed by atoms with E-state index >= 15 is 0 Å². The highest BCUT2D eigenvalue weighted by Crippen LogP contribution is 2.25. The van der Waals surface area contributed by atoms with Crippen LogP contribution in [0.2, 0.25) is 0 Å². The molecular formula is C12H20N2. The zero-order chi connectivity index (χ0) is 9.97. The number of H-pyrrole nitrogens is 1. The average Bonchev–Trinajstić information content (AvgIpc) is 2.63. The van der Waals surface area contributed by atoms with Gasteiger partial charge in [0.2, 0.25) is 0 Å². The molecule has 0 atom stereocenters. The fraction of sp³-hybridized carbons (Fsp3) is 0.750. The van der Waals surface area contributed by atoms with Crippen LogP contribution >= 0.6 is 0 Å². The van der Waals surface area contributed by atoms with Crippen molar-refractivity contribution in [1.82, 2.24) is 9.97 Å². The lowest BCUT2D eigenvalue weighted by atomic mass is 10.0. The number of hydrogen-bond donors (Lipinski definition) is 1. The Kier molecular flexibility index (Phi) is 2.90. The first kappa shape index (κ1) is 9.75. The quantitative estimate of drug-likeness (QED) is 0.782. The third kappa shape index (κ3) is 1.70. The third-order valence-corrected chi connectivity index (χ3v) is 3.35. The van der Waals surface area contributed by atoms with Gasteiger partial charge in [-0.15, -0.1) is 0 Å². The molecule has 2 rings (SSSR count). The van der Waals surface area contributed by atoms with Crippen molar-refractivity contribution >= 4 is 0 Å². The molecule has 0 fully saturated rings. The predicted octanol–water partition coefficient (Wildman–Crippen LogP) is 3.19. The molecule has 0 aromatic carbocycles. The first-order valence-corrected chi connectivity index (χ1v) is 5.92. The third-order valence-electron chi connectivity index (χ3n) is 3.35. The summed E-state index contributed by atoms with van der Waals surface area (Å²) in [5.41, 5.74) is 2.76. The minimum atomic E-state index is 0.639. The van der Waals surface area contributed by atoms with Crippen molar-refractivity contribution in [3.63, 3.8) is 0 Å². The van der Waals surface area contributed by atoms with Gasteiger partial charge in [-0.25, -0.2) is 4.98 Å². The summed E-state index contributed by atoms with van der Waals surface area (Å²) >= 11 is 0. The highest BCUT2D eigenvalue weighted by atomic mass is 14.9. The molecule has 0 saturated carbocycles. The number of aromatic amines is 1. The standard InChI is InChI=1S/C12H20N2/c1-3-9(4-2)12-13-10-7-5-6-8-11(10)14-12/h9H,3-8H2,1-2H3,(H,13,14). The van der Waals surface area contributed by atoms with E-state index in [1.807, 2.05) is 0 Å². The second-order valence-corrected chi connectivity index (χ2v) is 4.27. The van der Waals surface area contributed by atoms with E-state index in [4.69, 9.17) is 4.98 Å². The number of aryl methyl sites for hydroxylation is 2. The van der Waals surface area contributed by atoms with Crippen LogP contribution in [0.5, 0.6) is 0 Å². The average molecular weight is 192 g/mol. The zero-order valence-electron chi connectivity index (χ0n) is 9.27. The van der Waals surface area contributed by atoms with Gasteiger partial charge < -0.3 is 4.98 Å². The van der Waals surface area contributed by atoms with E-state index in [0.29, 0.717) is 5.92 Å². The van der Waals surface area contributed by atoms with Crippen LogP contribution in [0.1, 0.15) is 62.7 Å². The molecule has 1 aliphatic rings. The summed E-state index contributed by atoms with van der Waals surface area (Å²) in [6, 6.07) is 0. The van der Waals surface area contributed by atoms with Crippen molar-refractivity contribution in [1.29, 1.82) is 0 Å². The molecule has 0 unspecified atom stereocenters. The number of imidazole rings is 1. The highest BCUT2D eigenvalue weighted by Gasteiger charge is 2.17. The van der Waals surface area contributed by atoms with Crippen molar-refractivity contribution < 1.29 is 0 Å². The number of aromatic nitrogens is 2. The van der Waals surface area contributed by atoms with Gasteiger partial charge in [-0.2, -0.15) is 0 Å². The van der Waals surface area contributed by atoms with Crippen LogP contribution in [0.4, 0.5) is 0 Å². The van der Waals surface area contributed by atoms with E-state index in [1.165, 1.54) is 55.7 Å². The second kappa shape index (κ2) is 4.16. The molecule has 1 heterocycles. The SMILES string of the molecule is CCC(CC)c1nc2c([nH]1)CCCC2. The van der Waals surface area contributed by atoms with E-state index in [9.17, 15) is 0 Å². The number of nitrogens with one attached hydrogen (secondary N) is 1. The molecule has 1 N–H and O–H groups in total. The van der Waals surface area contributed by atoms with Gasteiger partial charge in [-0.3, -0.25) is 0 Å². The molecule has 2 nitrogen and oxygen atoms in total. The second-order valence-electron chi connectivity index (χ2n) is 4.27. The topological polar surface area (TPSA) is 28.7 Å². The van der Waals surface area contributed by atoms with Crippen molar-refractivity contribution in [3.05, 3.63) is 17.2 Å². The van der Waals surface area contributed by atoms with Gasteiger partial charge in [0.05, 0.1) is 5.69 Å². The van der Waals surface area contributed by atoms with Gasteiger partial charge in [0, 0.05) is 11.6 Å². The Morgan fingerprint density at radius 2 is 1.93 bits per heavy atom. The molecule has 14 heavy (non-hydrogen) atoms. The summed E-state index contributed by atoms with van der Waals surface area (Å²) in [7, 11) is 0. The molecule has 1 aliphatic carbocycles. The molecule has 0 bridgehead atoms. The van der Waals surface area contributed by atoms with Crippen LogP contribution < -0.4 is 0 Å². The van der Waals surface area contributed by atoms with Gasteiger partial charge in [0.15, 0.2) is 0 Å². The van der Waals surface area contributed by atoms with E-state index in [2.05, 4.69) is 18.8 Å².